The standard InChI is InChI=1S/C20H16F4N2O2S2/c21-13-8-12(9-14(22)10-13)18-11-29-20(25-18)26-6-4-15(5-7-26)30(27,28)19-16(23)2-1-3-17(19)24/h1-3,8-11,15H,4-7H2. The molecule has 2 aromatic carbocycles. The molecule has 0 bridgehead atoms. The Balaban J connectivity index is 1.50. The van der Waals surface area contributed by atoms with Gasteiger partial charge >= 0.3 is 0 Å². The highest BCUT2D eigenvalue weighted by Crippen LogP contribution is 2.33. The van der Waals surface area contributed by atoms with E-state index >= 15 is 0 Å². The Morgan fingerprint density at radius 3 is 2.17 bits per heavy atom. The molecule has 30 heavy (non-hydrogen) atoms. The summed E-state index contributed by atoms with van der Waals surface area (Å²) in [6, 6.07) is 6.12. The van der Waals surface area contributed by atoms with Gasteiger partial charge in [-0.2, -0.15) is 0 Å². The number of benzene rings is 2. The summed E-state index contributed by atoms with van der Waals surface area (Å²) in [5.41, 5.74) is 0.721. The zero-order valence-corrected chi connectivity index (χ0v) is 17.1. The van der Waals surface area contributed by atoms with Gasteiger partial charge in [0, 0.05) is 30.1 Å². The number of hydrogen-bond acceptors (Lipinski definition) is 5. The van der Waals surface area contributed by atoms with Crippen molar-refractivity contribution in [3.63, 3.8) is 0 Å². The Hall–Kier alpha value is -2.46. The summed E-state index contributed by atoms with van der Waals surface area (Å²) in [5.74, 6) is -3.59. The highest BCUT2D eigenvalue weighted by molar-refractivity contribution is 7.92. The molecule has 0 unspecified atom stereocenters. The van der Waals surface area contributed by atoms with Gasteiger partial charge in [-0.25, -0.2) is 31.0 Å². The van der Waals surface area contributed by atoms with Crippen molar-refractivity contribution in [1.82, 2.24) is 4.98 Å². The van der Waals surface area contributed by atoms with Gasteiger partial charge in [0.1, 0.15) is 28.2 Å². The molecule has 0 amide bonds. The highest BCUT2D eigenvalue weighted by Gasteiger charge is 2.35. The fourth-order valence-electron chi connectivity index (χ4n) is 3.52. The Bertz CT molecular complexity index is 1150. The van der Waals surface area contributed by atoms with Gasteiger partial charge in [0.15, 0.2) is 15.0 Å². The van der Waals surface area contributed by atoms with E-state index in [4.69, 9.17) is 0 Å². The average Bonchev–Trinajstić information content (AvgIpc) is 3.17. The molecule has 3 aromatic rings. The molecule has 0 saturated carbocycles. The van der Waals surface area contributed by atoms with Crippen LogP contribution in [0.25, 0.3) is 11.3 Å². The number of sulfone groups is 1. The van der Waals surface area contributed by atoms with E-state index < -0.39 is 43.3 Å². The van der Waals surface area contributed by atoms with E-state index in [2.05, 4.69) is 4.98 Å². The fraction of sp³-hybridized carbons (Fsp3) is 0.250. The van der Waals surface area contributed by atoms with Gasteiger partial charge in [-0.15, -0.1) is 11.3 Å². The first kappa shape index (κ1) is 20.8. The largest absolute Gasteiger partial charge is 0.348 e. The van der Waals surface area contributed by atoms with Crippen LogP contribution < -0.4 is 4.90 Å². The molecule has 158 valence electrons. The van der Waals surface area contributed by atoms with Crippen LogP contribution in [0.15, 0.2) is 46.7 Å². The summed E-state index contributed by atoms with van der Waals surface area (Å²) in [6.45, 7) is 0.648. The molecule has 0 spiro atoms. The Labute approximate surface area is 174 Å². The monoisotopic (exact) mass is 456 g/mol. The van der Waals surface area contributed by atoms with Gasteiger partial charge in [0.25, 0.3) is 0 Å². The molecule has 4 nitrogen and oxygen atoms in total. The van der Waals surface area contributed by atoms with Crippen LogP contribution >= 0.6 is 11.3 Å². The minimum absolute atomic E-state index is 0.180. The zero-order chi connectivity index (χ0) is 21.5. The van der Waals surface area contributed by atoms with Gasteiger partial charge in [-0.3, -0.25) is 0 Å². The van der Waals surface area contributed by atoms with E-state index in [1.165, 1.54) is 23.5 Å². The summed E-state index contributed by atoms with van der Waals surface area (Å²) < 4.78 is 80.3. The number of anilines is 1. The minimum Gasteiger partial charge on any atom is -0.348 e. The van der Waals surface area contributed by atoms with Gasteiger partial charge in [0.2, 0.25) is 0 Å². The predicted molar refractivity (Wildman–Crippen MR) is 106 cm³/mol. The first-order valence-electron chi connectivity index (χ1n) is 9.10. The van der Waals surface area contributed by atoms with Gasteiger partial charge < -0.3 is 4.90 Å². The van der Waals surface area contributed by atoms with Crippen LogP contribution in [0.5, 0.6) is 0 Å². The third-order valence-electron chi connectivity index (χ3n) is 5.01. The van der Waals surface area contributed by atoms with Gasteiger partial charge in [0.05, 0.1) is 10.9 Å². The SMILES string of the molecule is O=S(=O)(c1c(F)cccc1F)C1CCN(c2nc(-c3cc(F)cc(F)c3)cs2)CC1. The Morgan fingerprint density at radius 2 is 1.57 bits per heavy atom. The lowest BCUT2D eigenvalue weighted by Gasteiger charge is -2.31. The number of rotatable bonds is 4. The van der Waals surface area contributed by atoms with Crippen LogP contribution in [0, 0.1) is 23.3 Å². The van der Waals surface area contributed by atoms with Gasteiger partial charge in [-0.05, 0) is 37.1 Å². The van der Waals surface area contributed by atoms with E-state index in [9.17, 15) is 26.0 Å². The maximum atomic E-state index is 14.0. The van der Waals surface area contributed by atoms with E-state index in [0.29, 0.717) is 29.5 Å². The fourth-order valence-corrected chi connectivity index (χ4v) is 6.26. The van der Waals surface area contributed by atoms with Crippen LogP contribution in [0.4, 0.5) is 22.7 Å². The maximum absolute atomic E-state index is 14.0. The first-order chi connectivity index (χ1) is 14.3. The first-order valence-corrected chi connectivity index (χ1v) is 11.5. The second-order valence-corrected chi connectivity index (χ2v) is 9.96. The lowest BCUT2D eigenvalue weighted by atomic mass is 10.1. The third-order valence-corrected chi connectivity index (χ3v) is 8.21. The van der Waals surface area contributed by atoms with Crippen LogP contribution in [-0.4, -0.2) is 31.7 Å². The topological polar surface area (TPSA) is 50.3 Å². The van der Waals surface area contributed by atoms with Crippen molar-refractivity contribution < 1.29 is 26.0 Å². The quantitative estimate of drug-likeness (QED) is 0.529. The van der Waals surface area contributed by atoms with E-state index in [-0.39, 0.29) is 12.8 Å². The smallest absolute Gasteiger partial charge is 0.187 e. The second-order valence-electron chi connectivity index (χ2n) is 6.96. The number of aromatic nitrogens is 1. The highest BCUT2D eigenvalue weighted by atomic mass is 32.2. The van der Waals surface area contributed by atoms with Crippen molar-refractivity contribution in [3.8, 4) is 11.3 Å². The third kappa shape index (κ3) is 3.93. The summed E-state index contributed by atoms with van der Waals surface area (Å²) in [5, 5.41) is 1.35. The summed E-state index contributed by atoms with van der Waals surface area (Å²) in [7, 11) is -4.15. The lowest BCUT2D eigenvalue weighted by molar-refractivity contribution is 0.497. The summed E-state index contributed by atoms with van der Waals surface area (Å²) in [4.78, 5) is 5.38. The molecule has 1 aromatic heterocycles. The Kier molecular flexibility index (Phi) is 5.54. The summed E-state index contributed by atoms with van der Waals surface area (Å²) in [6.07, 6.45) is 0.360. The number of piperidine rings is 1. The van der Waals surface area contributed by atoms with Crippen LogP contribution in [-0.2, 0) is 9.84 Å². The van der Waals surface area contributed by atoms with Crippen molar-refractivity contribution in [2.75, 3.05) is 18.0 Å². The van der Waals surface area contributed by atoms with Crippen molar-refractivity contribution in [3.05, 3.63) is 65.0 Å². The Morgan fingerprint density at radius 1 is 0.967 bits per heavy atom. The van der Waals surface area contributed by atoms with Crippen molar-refractivity contribution in [2.45, 2.75) is 23.0 Å². The van der Waals surface area contributed by atoms with Crippen LogP contribution in [0.3, 0.4) is 0 Å². The molecule has 4 rings (SSSR count). The molecule has 10 heteroatoms. The molecular weight excluding hydrogens is 440 g/mol. The van der Waals surface area contributed by atoms with Crippen molar-refractivity contribution >= 4 is 26.3 Å². The van der Waals surface area contributed by atoms with Crippen LogP contribution in [0.2, 0.25) is 0 Å². The van der Waals surface area contributed by atoms with Crippen molar-refractivity contribution in [1.29, 1.82) is 0 Å². The molecule has 1 fully saturated rings. The predicted octanol–water partition coefficient (Wildman–Crippen LogP) is 4.81. The van der Waals surface area contributed by atoms with E-state index in [1.54, 1.807) is 5.38 Å². The maximum Gasteiger partial charge on any atom is 0.187 e. The average molecular weight is 456 g/mol. The molecule has 2 heterocycles. The lowest BCUT2D eigenvalue weighted by Crippen LogP contribution is -2.39. The summed E-state index contributed by atoms with van der Waals surface area (Å²) >= 11 is 1.27. The van der Waals surface area contributed by atoms with E-state index in [0.717, 1.165) is 24.3 Å². The molecule has 0 atom stereocenters. The molecule has 1 saturated heterocycles. The van der Waals surface area contributed by atoms with Gasteiger partial charge in [-0.1, -0.05) is 6.07 Å². The molecule has 0 N–H and O–H groups in total. The molecular formula is C20H16F4N2O2S2. The number of nitrogens with zero attached hydrogens (tertiary/aromatic N) is 2. The van der Waals surface area contributed by atoms with E-state index in [1.807, 2.05) is 4.90 Å². The zero-order valence-electron chi connectivity index (χ0n) is 15.5. The molecule has 0 radical (unpaired) electrons. The number of hydrogen-bond donors (Lipinski definition) is 0. The second kappa shape index (κ2) is 7.99. The molecule has 1 aliphatic rings. The number of thiazole rings is 1. The molecule has 0 aliphatic carbocycles. The van der Waals surface area contributed by atoms with Crippen LogP contribution in [0.1, 0.15) is 12.8 Å². The molecule has 1 aliphatic heterocycles. The van der Waals surface area contributed by atoms with Crippen molar-refractivity contribution in [2.24, 2.45) is 0 Å². The normalized spacial score (nSPS) is 15.5. The minimum atomic E-state index is -4.15. The number of halogens is 4.